The van der Waals surface area contributed by atoms with Crippen LogP contribution in [0.4, 0.5) is 4.79 Å². The van der Waals surface area contributed by atoms with Crippen molar-refractivity contribution in [1.29, 1.82) is 0 Å². The van der Waals surface area contributed by atoms with Crippen LogP contribution in [-0.2, 0) is 14.3 Å². The van der Waals surface area contributed by atoms with E-state index in [1.165, 1.54) is 27.8 Å². The van der Waals surface area contributed by atoms with Gasteiger partial charge in [0.25, 0.3) is 0 Å². The molecule has 2 fully saturated rings. The standard InChI is InChI=1S/C25H26N2O5S/c28-23(27-14-33-13-22(27)24(29)30)15-9-10-16(11-15)26-25(31)32-12-21-19-7-3-1-5-17(19)18-6-2-4-8-20(18)21/h1-8,15-16,21-22H,9-14H2,(H,26,31)(H,29,30)/t15?,16?,22-/m0/s1. The monoisotopic (exact) mass is 466 g/mol. The van der Waals surface area contributed by atoms with Gasteiger partial charge in [0.15, 0.2) is 0 Å². The lowest BCUT2D eigenvalue weighted by atomic mass is 9.98. The summed E-state index contributed by atoms with van der Waals surface area (Å²) in [5.41, 5.74) is 4.68. The number of carboxylic acid groups (broad SMARTS) is 1. The number of nitrogens with zero attached hydrogens (tertiary/aromatic N) is 1. The number of aliphatic carboxylic acids is 1. The van der Waals surface area contributed by atoms with Crippen molar-refractivity contribution in [1.82, 2.24) is 10.2 Å². The van der Waals surface area contributed by atoms with Crippen molar-refractivity contribution >= 4 is 29.7 Å². The van der Waals surface area contributed by atoms with E-state index >= 15 is 0 Å². The van der Waals surface area contributed by atoms with Gasteiger partial charge < -0.3 is 20.1 Å². The lowest BCUT2D eigenvalue weighted by Gasteiger charge is -2.24. The smallest absolute Gasteiger partial charge is 0.407 e. The van der Waals surface area contributed by atoms with Crippen molar-refractivity contribution in [3.8, 4) is 11.1 Å². The van der Waals surface area contributed by atoms with Crippen molar-refractivity contribution in [3.05, 3.63) is 59.7 Å². The van der Waals surface area contributed by atoms with Crippen LogP contribution in [0.2, 0.25) is 0 Å². The van der Waals surface area contributed by atoms with Crippen LogP contribution >= 0.6 is 11.8 Å². The van der Waals surface area contributed by atoms with E-state index < -0.39 is 18.1 Å². The zero-order valence-corrected chi connectivity index (χ0v) is 18.9. The summed E-state index contributed by atoms with van der Waals surface area (Å²) in [6.07, 6.45) is 1.35. The van der Waals surface area contributed by atoms with Gasteiger partial charge in [0.2, 0.25) is 5.91 Å². The first-order chi connectivity index (χ1) is 16.0. The van der Waals surface area contributed by atoms with E-state index in [-0.39, 0.29) is 30.4 Å². The minimum Gasteiger partial charge on any atom is -0.480 e. The average molecular weight is 467 g/mol. The first-order valence-electron chi connectivity index (χ1n) is 11.3. The van der Waals surface area contributed by atoms with E-state index in [1.807, 2.05) is 24.3 Å². The quantitative estimate of drug-likeness (QED) is 0.698. The van der Waals surface area contributed by atoms with Crippen molar-refractivity contribution in [2.75, 3.05) is 18.2 Å². The second-order valence-corrected chi connectivity index (χ2v) is 9.84. The van der Waals surface area contributed by atoms with E-state index in [1.54, 1.807) is 0 Å². The number of carbonyl (C=O) groups is 3. The number of ether oxygens (including phenoxy) is 1. The number of carboxylic acids is 1. The number of alkyl carbamates (subject to hydrolysis) is 1. The van der Waals surface area contributed by atoms with Crippen LogP contribution in [0.5, 0.6) is 0 Å². The Kier molecular flexibility index (Phi) is 6.01. The molecular weight excluding hydrogens is 440 g/mol. The largest absolute Gasteiger partial charge is 0.480 e. The van der Waals surface area contributed by atoms with Gasteiger partial charge in [-0.15, -0.1) is 11.8 Å². The highest BCUT2D eigenvalue weighted by Crippen LogP contribution is 2.44. The Morgan fingerprint density at radius 2 is 1.70 bits per heavy atom. The summed E-state index contributed by atoms with van der Waals surface area (Å²) in [7, 11) is 0. The Hall–Kier alpha value is -3.00. The number of thioether (sulfide) groups is 1. The summed E-state index contributed by atoms with van der Waals surface area (Å²) < 4.78 is 5.62. The first-order valence-corrected chi connectivity index (χ1v) is 12.4. The van der Waals surface area contributed by atoms with Crippen molar-refractivity contribution < 1.29 is 24.2 Å². The summed E-state index contributed by atoms with van der Waals surface area (Å²) in [6, 6.07) is 15.5. The molecule has 0 radical (unpaired) electrons. The van der Waals surface area contributed by atoms with Gasteiger partial charge in [0.05, 0.1) is 5.88 Å². The highest BCUT2D eigenvalue weighted by molar-refractivity contribution is 7.99. The molecule has 2 aliphatic carbocycles. The second kappa shape index (κ2) is 9.09. The molecule has 3 atom stereocenters. The highest BCUT2D eigenvalue weighted by Gasteiger charge is 2.40. The Morgan fingerprint density at radius 1 is 1.03 bits per heavy atom. The summed E-state index contributed by atoms with van der Waals surface area (Å²) in [4.78, 5) is 38.2. The zero-order chi connectivity index (χ0) is 22.9. The molecule has 7 nitrogen and oxygen atoms in total. The van der Waals surface area contributed by atoms with Crippen molar-refractivity contribution in [2.24, 2.45) is 5.92 Å². The first kappa shape index (κ1) is 21.8. The zero-order valence-electron chi connectivity index (χ0n) is 18.1. The molecule has 2 unspecified atom stereocenters. The molecule has 8 heteroatoms. The van der Waals surface area contributed by atoms with Gasteiger partial charge in [-0.05, 0) is 41.5 Å². The molecule has 0 aromatic heterocycles. The third-order valence-electron chi connectivity index (χ3n) is 6.90. The van der Waals surface area contributed by atoms with Crippen LogP contribution in [0.1, 0.15) is 36.3 Å². The summed E-state index contributed by atoms with van der Waals surface area (Å²) in [5, 5.41) is 12.2. The third kappa shape index (κ3) is 4.19. The molecule has 1 saturated heterocycles. The summed E-state index contributed by atoms with van der Waals surface area (Å²) >= 11 is 1.46. The molecule has 0 bridgehead atoms. The Bertz CT molecular complexity index is 1040. The molecule has 172 valence electrons. The predicted molar refractivity (Wildman–Crippen MR) is 125 cm³/mol. The van der Waals surface area contributed by atoms with Crippen LogP contribution in [0.3, 0.4) is 0 Å². The molecule has 1 aliphatic heterocycles. The molecule has 2 aromatic carbocycles. The van der Waals surface area contributed by atoms with Gasteiger partial charge in [-0.25, -0.2) is 9.59 Å². The fraction of sp³-hybridized carbons (Fsp3) is 0.400. The number of carbonyl (C=O) groups excluding carboxylic acids is 2. The van der Waals surface area contributed by atoms with Crippen molar-refractivity contribution in [3.63, 3.8) is 0 Å². The minimum atomic E-state index is -0.959. The number of fused-ring (bicyclic) bond motifs is 3. The van der Waals surface area contributed by atoms with Crippen LogP contribution in [0.15, 0.2) is 48.5 Å². The lowest BCUT2D eigenvalue weighted by Crippen LogP contribution is -2.44. The van der Waals surface area contributed by atoms with Crippen LogP contribution in [0.25, 0.3) is 11.1 Å². The lowest BCUT2D eigenvalue weighted by molar-refractivity contribution is -0.149. The summed E-state index contributed by atoms with van der Waals surface area (Å²) in [6.45, 7) is 0.250. The molecule has 1 heterocycles. The molecule has 2 N–H and O–H groups in total. The Balaban J connectivity index is 1.16. The topological polar surface area (TPSA) is 95.9 Å². The molecule has 5 rings (SSSR count). The molecule has 2 aromatic rings. The Labute approximate surface area is 196 Å². The van der Waals surface area contributed by atoms with Gasteiger partial charge in [0, 0.05) is 23.6 Å². The number of nitrogens with one attached hydrogen (secondary N) is 1. The number of rotatable bonds is 5. The fourth-order valence-electron chi connectivity index (χ4n) is 5.24. The SMILES string of the molecule is O=C(NC1CCC(C(=O)N2CSC[C@H]2C(=O)O)C1)OCC1c2ccccc2-c2ccccc21. The fourth-order valence-corrected chi connectivity index (χ4v) is 6.40. The molecule has 33 heavy (non-hydrogen) atoms. The Morgan fingerprint density at radius 3 is 2.36 bits per heavy atom. The van der Waals surface area contributed by atoms with Crippen LogP contribution in [0, 0.1) is 5.92 Å². The van der Waals surface area contributed by atoms with Crippen molar-refractivity contribution in [2.45, 2.75) is 37.3 Å². The summed E-state index contributed by atoms with van der Waals surface area (Å²) in [5.74, 6) is -0.499. The van der Waals surface area contributed by atoms with E-state index in [9.17, 15) is 19.5 Å². The second-order valence-electron chi connectivity index (χ2n) is 8.84. The van der Waals surface area contributed by atoms with Gasteiger partial charge >= 0.3 is 12.1 Å². The van der Waals surface area contributed by atoms with E-state index in [0.717, 1.165) is 11.1 Å². The molecule has 2 amide bonds. The minimum absolute atomic E-state index is 0.00155. The molecule has 0 spiro atoms. The maximum Gasteiger partial charge on any atom is 0.407 e. The number of benzene rings is 2. The number of hydrogen-bond acceptors (Lipinski definition) is 5. The van der Waals surface area contributed by atoms with E-state index in [2.05, 4.69) is 29.6 Å². The number of amides is 2. The van der Waals surface area contributed by atoms with Crippen LogP contribution < -0.4 is 5.32 Å². The normalized spacial score (nSPS) is 23.8. The van der Waals surface area contributed by atoms with Gasteiger partial charge in [-0.3, -0.25) is 4.79 Å². The average Bonchev–Trinajstić information content (AvgIpc) is 3.55. The highest BCUT2D eigenvalue weighted by atomic mass is 32.2. The molecular formula is C25H26N2O5S. The molecule has 3 aliphatic rings. The van der Waals surface area contributed by atoms with Gasteiger partial charge in [-0.2, -0.15) is 0 Å². The van der Waals surface area contributed by atoms with E-state index in [0.29, 0.717) is 30.9 Å². The predicted octanol–water partition coefficient (Wildman–Crippen LogP) is 3.68. The van der Waals surface area contributed by atoms with Gasteiger partial charge in [0.1, 0.15) is 12.6 Å². The third-order valence-corrected chi connectivity index (χ3v) is 7.91. The maximum absolute atomic E-state index is 12.8. The van der Waals surface area contributed by atoms with E-state index in [4.69, 9.17) is 4.74 Å². The molecule has 1 saturated carbocycles. The maximum atomic E-state index is 12.8. The number of hydrogen-bond donors (Lipinski definition) is 2. The van der Waals surface area contributed by atoms with Gasteiger partial charge in [-0.1, -0.05) is 48.5 Å². The van der Waals surface area contributed by atoms with Crippen LogP contribution in [-0.4, -0.2) is 58.3 Å².